The van der Waals surface area contributed by atoms with Gasteiger partial charge in [0.2, 0.25) is 0 Å². The zero-order valence-corrected chi connectivity index (χ0v) is 8.49. The average Bonchev–Trinajstić information content (AvgIpc) is 2.36. The Morgan fingerprint density at radius 2 is 2.27 bits per heavy atom. The number of pyridine rings is 1. The number of nitrogens with zero attached hydrogens (tertiary/aromatic N) is 1. The van der Waals surface area contributed by atoms with Gasteiger partial charge in [0.25, 0.3) is 5.56 Å². The van der Waals surface area contributed by atoms with Crippen molar-refractivity contribution in [3.8, 4) is 0 Å². The molecule has 0 spiro atoms. The van der Waals surface area contributed by atoms with Crippen LogP contribution in [-0.4, -0.2) is 9.94 Å². The van der Waals surface area contributed by atoms with Crippen molar-refractivity contribution in [2.75, 3.05) is 0 Å². The van der Waals surface area contributed by atoms with Crippen LogP contribution in [0.3, 0.4) is 0 Å². The lowest BCUT2D eigenvalue weighted by atomic mass is 9.86. The van der Waals surface area contributed by atoms with Crippen LogP contribution < -0.4 is 5.56 Å². The minimum absolute atomic E-state index is 0.00634. The predicted molar refractivity (Wildman–Crippen MR) is 58.4 cm³/mol. The summed E-state index contributed by atoms with van der Waals surface area (Å²) in [6.45, 7) is -2.51. The normalized spacial score (nSPS) is 22.7. The van der Waals surface area contributed by atoms with Crippen molar-refractivity contribution in [1.82, 2.24) is 4.73 Å². The number of hydrogen-bond donors (Lipinski definition) is 1. The Morgan fingerprint density at radius 1 is 1.53 bits per heavy atom. The van der Waals surface area contributed by atoms with Gasteiger partial charge in [-0.25, -0.2) is 0 Å². The molecule has 0 aromatic carbocycles. The predicted octanol–water partition coefficient (Wildman–Crippen LogP) is 2.44. The molecule has 1 fully saturated rings. The van der Waals surface area contributed by atoms with Crippen LogP contribution in [0.1, 0.15) is 54.8 Å². The van der Waals surface area contributed by atoms with Gasteiger partial charge < -0.3 is 5.21 Å². The SMILES string of the molecule is [2H]c1c(C([2H])([2H])[2H])cc(C2CCCCC2)n(O)c1=O. The second-order valence-corrected chi connectivity index (χ2v) is 4.06. The molecule has 0 radical (unpaired) electrons. The molecule has 1 aliphatic carbocycles. The summed E-state index contributed by atoms with van der Waals surface area (Å²) in [6.07, 6.45) is 4.79. The maximum atomic E-state index is 11.8. The van der Waals surface area contributed by atoms with Crippen molar-refractivity contribution in [2.45, 2.75) is 44.9 Å². The summed E-state index contributed by atoms with van der Waals surface area (Å²) in [7, 11) is 0. The third-order valence-corrected chi connectivity index (χ3v) is 2.99. The van der Waals surface area contributed by atoms with Crippen LogP contribution in [0.2, 0.25) is 0 Å². The molecular weight excluding hydrogens is 190 g/mol. The van der Waals surface area contributed by atoms with Gasteiger partial charge in [-0.15, -0.1) is 0 Å². The minimum Gasteiger partial charge on any atom is -0.425 e. The lowest BCUT2D eigenvalue weighted by Gasteiger charge is -2.22. The maximum absolute atomic E-state index is 11.8. The van der Waals surface area contributed by atoms with Crippen LogP contribution >= 0.6 is 0 Å². The molecule has 3 heteroatoms. The molecule has 82 valence electrons. The smallest absolute Gasteiger partial charge is 0.283 e. The van der Waals surface area contributed by atoms with E-state index in [-0.39, 0.29) is 11.5 Å². The number of hydrogen-bond acceptors (Lipinski definition) is 2. The van der Waals surface area contributed by atoms with E-state index in [1.807, 2.05) is 0 Å². The first-order chi connectivity index (χ1) is 8.82. The molecule has 3 nitrogen and oxygen atoms in total. The van der Waals surface area contributed by atoms with E-state index < -0.39 is 18.5 Å². The van der Waals surface area contributed by atoms with Crippen LogP contribution in [0.25, 0.3) is 0 Å². The van der Waals surface area contributed by atoms with Crippen molar-refractivity contribution in [3.05, 3.63) is 33.7 Å². The van der Waals surface area contributed by atoms with Gasteiger partial charge in [0.15, 0.2) is 0 Å². The number of aryl methyl sites for hydroxylation is 1. The standard InChI is InChI=1S/C12H17NO2/c1-9-7-11(13(15)12(14)8-9)10-5-3-2-4-6-10/h7-8,10,15H,2-6H2,1H3/i1D3,8D. The zero-order valence-electron chi connectivity index (χ0n) is 12.5. The molecule has 0 atom stereocenters. The van der Waals surface area contributed by atoms with E-state index in [4.69, 9.17) is 5.48 Å². The van der Waals surface area contributed by atoms with Crippen LogP contribution in [0.5, 0.6) is 0 Å². The highest BCUT2D eigenvalue weighted by atomic mass is 16.5. The molecule has 0 saturated heterocycles. The fourth-order valence-corrected chi connectivity index (χ4v) is 2.22. The molecule has 0 amide bonds. The first kappa shape index (κ1) is 6.36. The number of aromatic nitrogens is 1. The first-order valence-electron chi connectivity index (χ1n) is 7.28. The van der Waals surface area contributed by atoms with Gasteiger partial charge in [-0.1, -0.05) is 19.3 Å². The summed E-state index contributed by atoms with van der Waals surface area (Å²) in [5.41, 5.74) is -0.899. The topological polar surface area (TPSA) is 42.2 Å². The average molecular weight is 211 g/mol. The monoisotopic (exact) mass is 211 g/mol. The van der Waals surface area contributed by atoms with E-state index in [9.17, 15) is 10.0 Å². The molecule has 0 aliphatic heterocycles. The van der Waals surface area contributed by atoms with Crippen molar-refractivity contribution in [2.24, 2.45) is 0 Å². The Hall–Kier alpha value is -1.25. The molecule has 1 N–H and O–H groups in total. The van der Waals surface area contributed by atoms with Crippen LogP contribution in [0.15, 0.2) is 16.9 Å². The molecule has 15 heavy (non-hydrogen) atoms. The van der Waals surface area contributed by atoms with Gasteiger partial charge >= 0.3 is 0 Å². The van der Waals surface area contributed by atoms with Crippen molar-refractivity contribution in [3.63, 3.8) is 0 Å². The lowest BCUT2D eigenvalue weighted by molar-refractivity contribution is 0.156. The van der Waals surface area contributed by atoms with Gasteiger partial charge in [0.1, 0.15) is 0 Å². The maximum Gasteiger partial charge on any atom is 0.283 e. The molecule has 1 aromatic heterocycles. The third-order valence-electron chi connectivity index (χ3n) is 2.99. The van der Waals surface area contributed by atoms with Crippen molar-refractivity contribution < 1.29 is 10.7 Å². The summed E-state index contributed by atoms with van der Waals surface area (Å²) in [5.74, 6) is -0.00634. The van der Waals surface area contributed by atoms with Crippen molar-refractivity contribution in [1.29, 1.82) is 0 Å². The first-order valence-corrected chi connectivity index (χ1v) is 5.28. The van der Waals surface area contributed by atoms with Gasteiger partial charge in [-0.3, -0.25) is 4.79 Å². The Morgan fingerprint density at radius 3 is 2.93 bits per heavy atom. The van der Waals surface area contributed by atoms with E-state index >= 15 is 0 Å². The highest BCUT2D eigenvalue weighted by molar-refractivity contribution is 5.19. The fourth-order valence-electron chi connectivity index (χ4n) is 2.22. The van der Waals surface area contributed by atoms with Gasteiger partial charge in [-0.2, -0.15) is 4.73 Å². The highest BCUT2D eigenvalue weighted by Gasteiger charge is 2.19. The molecule has 1 aliphatic rings. The number of rotatable bonds is 1. The van der Waals surface area contributed by atoms with E-state index in [1.165, 1.54) is 6.07 Å². The van der Waals surface area contributed by atoms with Crippen LogP contribution in [0, 0.1) is 6.85 Å². The van der Waals surface area contributed by atoms with Gasteiger partial charge in [-0.05, 0) is 31.3 Å². The van der Waals surface area contributed by atoms with E-state index in [1.54, 1.807) is 0 Å². The van der Waals surface area contributed by atoms with Crippen LogP contribution in [-0.2, 0) is 0 Å². The molecular formula is C12H17NO2. The largest absolute Gasteiger partial charge is 0.425 e. The Labute approximate surface area is 94.9 Å². The Kier molecular flexibility index (Phi) is 1.73. The summed E-state index contributed by atoms with van der Waals surface area (Å²) >= 11 is 0. The lowest BCUT2D eigenvalue weighted by Crippen LogP contribution is -2.23. The third kappa shape index (κ3) is 2.06. The Balaban J connectivity index is 2.55. The second-order valence-electron chi connectivity index (χ2n) is 4.06. The molecule has 1 saturated carbocycles. The van der Waals surface area contributed by atoms with Crippen LogP contribution in [0.4, 0.5) is 0 Å². The summed E-state index contributed by atoms with van der Waals surface area (Å²) in [6, 6.07) is 0.647. The fraction of sp³-hybridized carbons (Fsp3) is 0.583. The quantitative estimate of drug-likeness (QED) is 0.725. The summed E-state index contributed by atoms with van der Waals surface area (Å²) in [4.78, 5) is 11.8. The van der Waals surface area contributed by atoms with Crippen molar-refractivity contribution >= 4 is 0 Å². The summed E-state index contributed by atoms with van der Waals surface area (Å²) < 4.78 is 30.1. The van der Waals surface area contributed by atoms with Gasteiger partial charge in [0, 0.05) is 16.1 Å². The molecule has 0 unspecified atom stereocenters. The summed E-state index contributed by atoms with van der Waals surface area (Å²) in [5, 5.41) is 9.82. The molecule has 0 bridgehead atoms. The molecule has 1 aromatic rings. The van der Waals surface area contributed by atoms with E-state index in [0.29, 0.717) is 10.4 Å². The van der Waals surface area contributed by atoms with E-state index in [2.05, 4.69) is 0 Å². The second kappa shape index (κ2) is 4.09. The van der Waals surface area contributed by atoms with E-state index in [0.717, 1.165) is 32.1 Å². The zero-order chi connectivity index (χ0) is 14.2. The minimum atomic E-state index is -2.51. The molecule has 1 heterocycles. The highest BCUT2D eigenvalue weighted by Crippen LogP contribution is 2.31. The molecule has 2 rings (SSSR count). The Bertz CT molecular complexity index is 530. The van der Waals surface area contributed by atoms with Gasteiger partial charge in [0.05, 0.1) is 7.06 Å².